The van der Waals surface area contributed by atoms with Gasteiger partial charge in [0.25, 0.3) is 5.91 Å². The zero-order chi connectivity index (χ0) is 16.2. The largest absolute Gasteiger partial charge is 0.497 e. The van der Waals surface area contributed by atoms with Crippen LogP contribution in [0.5, 0.6) is 5.75 Å². The van der Waals surface area contributed by atoms with Gasteiger partial charge in [0.05, 0.1) is 7.11 Å². The van der Waals surface area contributed by atoms with Gasteiger partial charge >= 0.3 is 0 Å². The molecule has 0 radical (unpaired) electrons. The van der Waals surface area contributed by atoms with E-state index in [0.717, 1.165) is 49.5 Å². The number of hydrogen-bond acceptors (Lipinski definition) is 3. The number of amides is 1. The third-order valence-corrected chi connectivity index (χ3v) is 5.36. The van der Waals surface area contributed by atoms with E-state index in [1.54, 1.807) is 7.11 Å². The zero-order valence-corrected chi connectivity index (χ0v) is 14.3. The lowest BCUT2D eigenvalue weighted by molar-refractivity contribution is 0.0489. The van der Waals surface area contributed by atoms with Crippen LogP contribution in [0.3, 0.4) is 0 Å². The minimum absolute atomic E-state index is 0.143. The molecule has 2 atom stereocenters. The van der Waals surface area contributed by atoms with Crippen LogP contribution < -0.4 is 4.74 Å². The quantitative estimate of drug-likeness (QED) is 0.859. The highest BCUT2D eigenvalue weighted by Crippen LogP contribution is 2.28. The van der Waals surface area contributed by atoms with Crippen molar-refractivity contribution < 1.29 is 9.53 Å². The second-order valence-corrected chi connectivity index (χ2v) is 6.98. The van der Waals surface area contributed by atoms with Crippen LogP contribution in [-0.2, 0) is 0 Å². The molecule has 126 valence electrons. The summed E-state index contributed by atoms with van der Waals surface area (Å²) >= 11 is 0. The average Bonchev–Trinajstić information content (AvgIpc) is 2.61. The van der Waals surface area contributed by atoms with Crippen LogP contribution in [0.15, 0.2) is 24.3 Å². The third-order valence-electron chi connectivity index (χ3n) is 5.36. The Hall–Kier alpha value is -1.55. The lowest BCUT2D eigenvalue weighted by Crippen LogP contribution is -2.52. The maximum atomic E-state index is 12.6. The lowest BCUT2D eigenvalue weighted by atomic mass is 9.86. The summed E-state index contributed by atoms with van der Waals surface area (Å²) in [7, 11) is 1.64. The Kier molecular flexibility index (Phi) is 5.21. The summed E-state index contributed by atoms with van der Waals surface area (Å²) in [6.45, 7) is 6.08. The van der Waals surface area contributed by atoms with Crippen molar-refractivity contribution in [1.29, 1.82) is 0 Å². The average molecular weight is 316 g/mol. The molecule has 0 aromatic heterocycles. The van der Waals surface area contributed by atoms with Gasteiger partial charge in [-0.05, 0) is 43.0 Å². The monoisotopic (exact) mass is 316 g/mol. The molecule has 1 amide bonds. The number of benzene rings is 1. The van der Waals surface area contributed by atoms with Gasteiger partial charge < -0.3 is 9.64 Å². The smallest absolute Gasteiger partial charge is 0.253 e. The number of ether oxygens (including phenoxy) is 1. The highest BCUT2D eigenvalue weighted by atomic mass is 16.5. The van der Waals surface area contributed by atoms with E-state index in [1.165, 1.54) is 25.7 Å². The van der Waals surface area contributed by atoms with Gasteiger partial charge in [-0.3, -0.25) is 9.69 Å². The van der Waals surface area contributed by atoms with Crippen LogP contribution >= 0.6 is 0 Å². The predicted molar refractivity (Wildman–Crippen MR) is 91.9 cm³/mol. The molecule has 2 aliphatic rings. The number of carbonyl (C=O) groups is 1. The molecule has 1 aliphatic heterocycles. The summed E-state index contributed by atoms with van der Waals surface area (Å²) in [4.78, 5) is 17.2. The van der Waals surface area contributed by atoms with Crippen molar-refractivity contribution in [2.75, 3.05) is 33.3 Å². The molecule has 0 bridgehead atoms. The van der Waals surface area contributed by atoms with Gasteiger partial charge in [0, 0.05) is 37.8 Å². The Labute approximate surface area is 139 Å². The van der Waals surface area contributed by atoms with E-state index >= 15 is 0 Å². The molecule has 3 rings (SSSR count). The van der Waals surface area contributed by atoms with Crippen LogP contribution in [0.2, 0.25) is 0 Å². The van der Waals surface area contributed by atoms with Gasteiger partial charge in [0.1, 0.15) is 5.75 Å². The second-order valence-electron chi connectivity index (χ2n) is 6.98. The minimum Gasteiger partial charge on any atom is -0.497 e. The van der Waals surface area contributed by atoms with Crippen LogP contribution in [0.1, 0.15) is 43.0 Å². The molecular weight excluding hydrogens is 288 g/mol. The number of piperazine rings is 1. The van der Waals surface area contributed by atoms with Crippen molar-refractivity contribution in [3.8, 4) is 5.75 Å². The van der Waals surface area contributed by atoms with Gasteiger partial charge in [-0.2, -0.15) is 0 Å². The number of methoxy groups -OCH3 is 1. The minimum atomic E-state index is 0.143. The first-order valence-corrected chi connectivity index (χ1v) is 8.84. The number of rotatable bonds is 3. The maximum absolute atomic E-state index is 12.6. The Morgan fingerprint density at radius 1 is 1.09 bits per heavy atom. The molecule has 1 aromatic carbocycles. The Balaban J connectivity index is 1.54. The van der Waals surface area contributed by atoms with Crippen molar-refractivity contribution in [2.45, 2.75) is 38.6 Å². The molecule has 1 heterocycles. The predicted octanol–water partition coefficient (Wildman–Crippen LogP) is 3.03. The van der Waals surface area contributed by atoms with Crippen molar-refractivity contribution in [3.05, 3.63) is 29.8 Å². The van der Waals surface area contributed by atoms with Crippen LogP contribution in [0.25, 0.3) is 0 Å². The molecule has 1 aliphatic carbocycles. The molecule has 1 aromatic rings. The molecule has 2 fully saturated rings. The fourth-order valence-electron chi connectivity index (χ4n) is 3.94. The molecule has 0 unspecified atom stereocenters. The maximum Gasteiger partial charge on any atom is 0.253 e. The molecular formula is C19H28N2O2. The Bertz CT molecular complexity index is 521. The molecule has 4 heteroatoms. The highest BCUT2D eigenvalue weighted by molar-refractivity contribution is 5.94. The topological polar surface area (TPSA) is 32.8 Å². The number of nitrogens with zero attached hydrogens (tertiary/aromatic N) is 2. The van der Waals surface area contributed by atoms with Gasteiger partial charge in [-0.15, -0.1) is 0 Å². The molecule has 0 N–H and O–H groups in total. The van der Waals surface area contributed by atoms with Crippen LogP contribution in [-0.4, -0.2) is 55.0 Å². The number of carbonyl (C=O) groups excluding carboxylic acids is 1. The fourth-order valence-corrected chi connectivity index (χ4v) is 3.94. The molecule has 23 heavy (non-hydrogen) atoms. The van der Waals surface area contributed by atoms with Crippen molar-refractivity contribution >= 4 is 5.91 Å². The summed E-state index contributed by atoms with van der Waals surface area (Å²) in [5.74, 6) is 1.79. The van der Waals surface area contributed by atoms with E-state index in [4.69, 9.17) is 4.74 Å². The highest BCUT2D eigenvalue weighted by Gasteiger charge is 2.29. The number of hydrogen-bond donors (Lipinski definition) is 0. The van der Waals surface area contributed by atoms with Crippen molar-refractivity contribution in [3.63, 3.8) is 0 Å². The van der Waals surface area contributed by atoms with E-state index in [1.807, 2.05) is 29.2 Å². The van der Waals surface area contributed by atoms with E-state index in [9.17, 15) is 4.79 Å². The van der Waals surface area contributed by atoms with Crippen LogP contribution in [0, 0.1) is 5.92 Å². The summed E-state index contributed by atoms with van der Waals surface area (Å²) in [5.41, 5.74) is 0.755. The first-order chi connectivity index (χ1) is 11.2. The van der Waals surface area contributed by atoms with Crippen LogP contribution in [0.4, 0.5) is 0 Å². The molecule has 4 nitrogen and oxygen atoms in total. The summed E-state index contributed by atoms with van der Waals surface area (Å²) in [6.07, 6.45) is 5.40. The third kappa shape index (κ3) is 3.86. The van der Waals surface area contributed by atoms with E-state index < -0.39 is 0 Å². The molecule has 1 saturated heterocycles. The van der Waals surface area contributed by atoms with Gasteiger partial charge in [0.15, 0.2) is 0 Å². The first kappa shape index (κ1) is 16.3. The Morgan fingerprint density at radius 2 is 1.78 bits per heavy atom. The normalized spacial score (nSPS) is 26.1. The fraction of sp³-hybridized carbons (Fsp3) is 0.632. The van der Waals surface area contributed by atoms with E-state index in [0.29, 0.717) is 0 Å². The first-order valence-electron chi connectivity index (χ1n) is 8.84. The Morgan fingerprint density at radius 3 is 2.39 bits per heavy atom. The van der Waals surface area contributed by atoms with Crippen molar-refractivity contribution in [2.24, 2.45) is 5.92 Å². The summed E-state index contributed by atoms with van der Waals surface area (Å²) in [5, 5.41) is 0. The van der Waals surface area contributed by atoms with Gasteiger partial charge in [-0.1, -0.05) is 19.8 Å². The standard InChI is InChI=1S/C19H28N2O2/c1-15-4-3-5-17(14-15)20-10-12-21(13-11-20)19(22)16-6-8-18(23-2)9-7-16/h6-9,15,17H,3-5,10-14H2,1-2H3/t15-,17+/m1/s1. The second kappa shape index (κ2) is 7.35. The van der Waals surface area contributed by atoms with Gasteiger partial charge in [0.2, 0.25) is 0 Å². The molecule has 1 saturated carbocycles. The molecule has 0 spiro atoms. The summed E-state index contributed by atoms with van der Waals surface area (Å²) < 4.78 is 5.15. The van der Waals surface area contributed by atoms with Gasteiger partial charge in [-0.25, -0.2) is 0 Å². The van der Waals surface area contributed by atoms with E-state index in [-0.39, 0.29) is 5.91 Å². The zero-order valence-electron chi connectivity index (χ0n) is 14.3. The summed E-state index contributed by atoms with van der Waals surface area (Å²) in [6, 6.07) is 8.16. The van der Waals surface area contributed by atoms with E-state index in [2.05, 4.69) is 11.8 Å². The lowest BCUT2D eigenvalue weighted by Gasteiger charge is -2.42. The SMILES string of the molecule is COc1ccc(C(=O)N2CCN([C@H]3CCC[C@@H](C)C3)CC2)cc1. The van der Waals surface area contributed by atoms with Crippen molar-refractivity contribution in [1.82, 2.24) is 9.80 Å².